The summed E-state index contributed by atoms with van der Waals surface area (Å²) in [5, 5.41) is 0. The summed E-state index contributed by atoms with van der Waals surface area (Å²) in [7, 11) is 3.96. The van der Waals surface area contributed by atoms with Gasteiger partial charge in [0, 0.05) is 11.5 Å². The van der Waals surface area contributed by atoms with Crippen molar-refractivity contribution >= 4 is 0 Å². The third-order valence-electron chi connectivity index (χ3n) is 4.82. The molecule has 2 aliphatic heterocycles. The quantitative estimate of drug-likeness (QED) is 0.845. The summed E-state index contributed by atoms with van der Waals surface area (Å²) in [6, 6.07) is 4.83. The summed E-state index contributed by atoms with van der Waals surface area (Å²) in [4.78, 5) is 2.46. The first-order chi connectivity index (χ1) is 9.76. The second kappa shape index (κ2) is 5.65. The predicted octanol–water partition coefficient (Wildman–Crippen LogP) is 3.22. The van der Waals surface area contributed by atoms with E-state index < -0.39 is 0 Å². The predicted molar refractivity (Wildman–Crippen MR) is 80.9 cm³/mol. The number of likely N-dealkylation sites (tertiary alicyclic amines) is 1. The summed E-state index contributed by atoms with van der Waals surface area (Å²) < 4.78 is 11.6. The van der Waals surface area contributed by atoms with Gasteiger partial charge in [-0.15, -0.1) is 0 Å². The Labute approximate surface area is 121 Å². The fraction of sp³-hybridized carbons (Fsp3) is 0.647. The molecule has 0 unspecified atom stereocenters. The van der Waals surface area contributed by atoms with Crippen LogP contribution < -0.4 is 9.47 Å². The number of hydrogen-bond donors (Lipinski definition) is 0. The Morgan fingerprint density at radius 3 is 3.00 bits per heavy atom. The largest absolute Gasteiger partial charge is 0.493 e. The third kappa shape index (κ3) is 2.18. The van der Waals surface area contributed by atoms with Gasteiger partial charge in [0.15, 0.2) is 11.5 Å². The van der Waals surface area contributed by atoms with Gasteiger partial charge in [0.05, 0.1) is 13.2 Å². The zero-order valence-corrected chi connectivity index (χ0v) is 12.8. The van der Waals surface area contributed by atoms with Gasteiger partial charge in [-0.1, -0.05) is 19.4 Å². The number of piperidine rings is 1. The molecule has 3 rings (SSSR count). The van der Waals surface area contributed by atoms with E-state index in [4.69, 9.17) is 9.47 Å². The number of ether oxygens (including phenoxy) is 2. The molecule has 1 fully saturated rings. The van der Waals surface area contributed by atoms with Crippen LogP contribution in [0, 0.1) is 0 Å². The molecule has 2 heterocycles. The monoisotopic (exact) mass is 275 g/mol. The maximum Gasteiger partial charge on any atom is 0.165 e. The van der Waals surface area contributed by atoms with Gasteiger partial charge in [-0.25, -0.2) is 0 Å². The summed E-state index contributed by atoms with van der Waals surface area (Å²) in [5.74, 6) is 2.51. The molecule has 0 aliphatic carbocycles. The highest BCUT2D eigenvalue weighted by Gasteiger charge is 2.38. The smallest absolute Gasteiger partial charge is 0.165 e. The fourth-order valence-corrected chi connectivity index (χ4v) is 3.80. The molecular weight excluding hydrogens is 250 g/mol. The highest BCUT2D eigenvalue weighted by molar-refractivity contribution is 5.54. The van der Waals surface area contributed by atoms with Crippen molar-refractivity contribution in [1.82, 2.24) is 4.90 Å². The van der Waals surface area contributed by atoms with E-state index in [1.807, 2.05) is 0 Å². The van der Waals surface area contributed by atoms with Crippen LogP contribution in [-0.2, 0) is 6.42 Å². The van der Waals surface area contributed by atoms with Crippen molar-refractivity contribution in [3.8, 4) is 11.5 Å². The summed E-state index contributed by atoms with van der Waals surface area (Å²) in [6.07, 6.45) is 4.85. The van der Waals surface area contributed by atoms with Gasteiger partial charge in [0.25, 0.3) is 0 Å². The van der Waals surface area contributed by atoms with Gasteiger partial charge in [-0.2, -0.15) is 0 Å². The van der Waals surface area contributed by atoms with Crippen molar-refractivity contribution in [3.63, 3.8) is 0 Å². The first-order valence-corrected chi connectivity index (χ1v) is 7.79. The molecule has 0 saturated carbocycles. The van der Waals surface area contributed by atoms with Gasteiger partial charge in [-0.05, 0) is 44.5 Å². The molecule has 3 heteroatoms. The standard InChI is InChI=1S/C17H25NO2/c1-4-6-12-8-9-15(19-3)17-16(12)13-7-5-10-18(2)14(13)11-20-17/h8-9,13-14H,4-7,10-11H2,1-3H3/t13-,14+/m0/s1. The Balaban J connectivity index is 2.07. The molecule has 0 amide bonds. The van der Waals surface area contributed by atoms with E-state index in [1.54, 1.807) is 7.11 Å². The number of fused-ring (bicyclic) bond motifs is 3. The molecule has 0 spiro atoms. The van der Waals surface area contributed by atoms with Crippen LogP contribution in [0.15, 0.2) is 12.1 Å². The number of likely N-dealkylation sites (N-methyl/N-ethyl adjacent to an activating group) is 1. The Morgan fingerprint density at radius 1 is 1.40 bits per heavy atom. The Morgan fingerprint density at radius 2 is 2.25 bits per heavy atom. The van der Waals surface area contributed by atoms with Gasteiger partial charge < -0.3 is 9.47 Å². The van der Waals surface area contributed by atoms with E-state index in [2.05, 4.69) is 31.0 Å². The molecule has 20 heavy (non-hydrogen) atoms. The molecule has 0 N–H and O–H groups in total. The first kappa shape index (κ1) is 13.7. The third-order valence-corrected chi connectivity index (χ3v) is 4.82. The lowest BCUT2D eigenvalue weighted by Crippen LogP contribution is -2.47. The van der Waals surface area contributed by atoms with E-state index in [1.165, 1.54) is 36.9 Å². The molecule has 2 aliphatic rings. The van der Waals surface area contributed by atoms with Gasteiger partial charge in [-0.3, -0.25) is 4.90 Å². The van der Waals surface area contributed by atoms with Crippen molar-refractivity contribution < 1.29 is 9.47 Å². The van der Waals surface area contributed by atoms with Crippen molar-refractivity contribution in [2.75, 3.05) is 27.3 Å². The number of benzene rings is 1. The fourth-order valence-electron chi connectivity index (χ4n) is 3.80. The van der Waals surface area contributed by atoms with E-state index in [0.717, 1.165) is 24.5 Å². The minimum Gasteiger partial charge on any atom is -0.493 e. The van der Waals surface area contributed by atoms with Crippen LogP contribution in [0.5, 0.6) is 11.5 Å². The Hall–Kier alpha value is -1.22. The zero-order valence-electron chi connectivity index (χ0n) is 12.8. The minimum absolute atomic E-state index is 0.527. The van der Waals surface area contributed by atoms with Crippen LogP contribution in [0.25, 0.3) is 0 Å². The van der Waals surface area contributed by atoms with Gasteiger partial charge in [0.2, 0.25) is 0 Å². The average molecular weight is 275 g/mol. The summed E-state index contributed by atoms with van der Waals surface area (Å²) >= 11 is 0. The average Bonchev–Trinajstić information content (AvgIpc) is 2.47. The van der Waals surface area contributed by atoms with E-state index in [-0.39, 0.29) is 0 Å². The summed E-state index contributed by atoms with van der Waals surface area (Å²) in [5.41, 5.74) is 2.88. The molecule has 1 saturated heterocycles. The van der Waals surface area contributed by atoms with Crippen LogP contribution in [-0.4, -0.2) is 38.3 Å². The second-order valence-electron chi connectivity index (χ2n) is 6.03. The first-order valence-electron chi connectivity index (χ1n) is 7.79. The van der Waals surface area contributed by atoms with Crippen molar-refractivity contribution in [2.24, 2.45) is 0 Å². The molecule has 0 radical (unpaired) electrons. The molecule has 1 aromatic carbocycles. The van der Waals surface area contributed by atoms with Gasteiger partial charge in [0.1, 0.15) is 6.61 Å². The maximum atomic E-state index is 6.11. The molecule has 0 bridgehead atoms. The lowest BCUT2D eigenvalue weighted by molar-refractivity contribution is 0.0842. The number of rotatable bonds is 3. The van der Waals surface area contributed by atoms with E-state index in [9.17, 15) is 0 Å². The van der Waals surface area contributed by atoms with Crippen molar-refractivity contribution in [3.05, 3.63) is 23.3 Å². The van der Waals surface area contributed by atoms with Crippen LogP contribution in [0.2, 0.25) is 0 Å². The molecule has 110 valence electrons. The molecular formula is C17H25NO2. The van der Waals surface area contributed by atoms with Crippen LogP contribution in [0.1, 0.15) is 43.2 Å². The second-order valence-corrected chi connectivity index (χ2v) is 6.03. The Bertz CT molecular complexity index is 486. The van der Waals surface area contributed by atoms with Crippen molar-refractivity contribution in [1.29, 1.82) is 0 Å². The number of hydrogen-bond acceptors (Lipinski definition) is 3. The number of aryl methyl sites for hydroxylation is 1. The zero-order chi connectivity index (χ0) is 14.1. The highest BCUT2D eigenvalue weighted by atomic mass is 16.5. The maximum absolute atomic E-state index is 6.11. The molecule has 1 aromatic rings. The summed E-state index contributed by atoms with van der Waals surface area (Å²) in [6.45, 7) is 4.22. The normalized spacial score (nSPS) is 25.6. The van der Waals surface area contributed by atoms with E-state index >= 15 is 0 Å². The van der Waals surface area contributed by atoms with E-state index in [0.29, 0.717) is 12.0 Å². The van der Waals surface area contributed by atoms with Crippen LogP contribution in [0.4, 0.5) is 0 Å². The topological polar surface area (TPSA) is 21.7 Å². The van der Waals surface area contributed by atoms with Crippen LogP contribution >= 0.6 is 0 Å². The highest BCUT2D eigenvalue weighted by Crippen LogP contribution is 2.47. The van der Waals surface area contributed by atoms with Crippen LogP contribution in [0.3, 0.4) is 0 Å². The lowest BCUT2D eigenvalue weighted by Gasteiger charge is -2.43. The lowest BCUT2D eigenvalue weighted by atomic mass is 9.79. The molecule has 2 atom stereocenters. The van der Waals surface area contributed by atoms with Gasteiger partial charge >= 0.3 is 0 Å². The number of nitrogens with zero attached hydrogens (tertiary/aromatic N) is 1. The number of methoxy groups -OCH3 is 1. The Kier molecular flexibility index (Phi) is 3.88. The SMILES string of the molecule is CCCc1ccc(OC)c2c1[C@H]1CCCN(C)[C@@H]1CO2. The molecule has 3 nitrogen and oxygen atoms in total. The minimum atomic E-state index is 0.527. The molecule has 0 aromatic heterocycles. The van der Waals surface area contributed by atoms with Crippen molar-refractivity contribution in [2.45, 2.75) is 44.6 Å².